The van der Waals surface area contributed by atoms with E-state index in [9.17, 15) is 32.1 Å². The first-order chi connectivity index (χ1) is 21.6. The van der Waals surface area contributed by atoms with E-state index in [0.717, 1.165) is 17.7 Å². The fourth-order valence-corrected chi connectivity index (χ4v) is 6.90. The Morgan fingerprint density at radius 2 is 1.67 bits per heavy atom. The van der Waals surface area contributed by atoms with Crippen LogP contribution in [0.2, 0.25) is 0 Å². The molecule has 2 aromatic carbocycles. The molecule has 1 aliphatic rings. The fourth-order valence-electron chi connectivity index (χ4n) is 4.70. The molecular weight excluding hydrogens is 634 g/mol. The van der Waals surface area contributed by atoms with Gasteiger partial charge in [0.05, 0.1) is 12.2 Å². The van der Waals surface area contributed by atoms with Gasteiger partial charge in [-0.1, -0.05) is 42.5 Å². The molecule has 3 N–H and O–H groups in total. The molecule has 3 atom stereocenters. The Kier molecular flexibility index (Phi) is 13.0. The maximum Gasteiger partial charge on any atom is 0.573 e. The smallest absolute Gasteiger partial charge is 0.445 e. The molecule has 0 spiro atoms. The van der Waals surface area contributed by atoms with Gasteiger partial charge in [-0.15, -0.1) is 13.2 Å². The maximum absolute atomic E-state index is 14.2. The first-order valence-corrected chi connectivity index (χ1v) is 16.2. The second-order valence-electron chi connectivity index (χ2n) is 10.9. The second-order valence-corrected chi connectivity index (χ2v) is 12.9. The van der Waals surface area contributed by atoms with Crippen molar-refractivity contribution in [3.8, 4) is 5.75 Å². The van der Waals surface area contributed by atoms with Crippen LogP contribution in [-0.4, -0.2) is 66.6 Å². The van der Waals surface area contributed by atoms with Gasteiger partial charge in [0.25, 0.3) is 0 Å². The minimum Gasteiger partial charge on any atom is -0.445 e. The molecule has 1 fully saturated rings. The molecule has 0 aliphatic carbocycles. The number of amides is 2. The zero-order valence-corrected chi connectivity index (χ0v) is 26.8. The Morgan fingerprint density at radius 1 is 1.02 bits per heavy atom. The molecule has 2 amide bonds. The van der Waals surface area contributed by atoms with E-state index in [1.54, 1.807) is 58.0 Å². The van der Waals surface area contributed by atoms with Crippen molar-refractivity contribution in [3.05, 3.63) is 65.7 Å². The highest BCUT2D eigenvalue weighted by molar-refractivity contribution is 7.54. The molecule has 1 heterocycles. The van der Waals surface area contributed by atoms with Crippen molar-refractivity contribution < 1.29 is 55.4 Å². The van der Waals surface area contributed by atoms with E-state index in [1.165, 1.54) is 17.0 Å². The molecule has 254 valence electrons. The summed E-state index contributed by atoms with van der Waals surface area (Å²) >= 11 is 0. The maximum atomic E-state index is 14.2. The van der Waals surface area contributed by atoms with Crippen LogP contribution in [0.5, 0.6) is 5.75 Å². The van der Waals surface area contributed by atoms with Gasteiger partial charge in [0.1, 0.15) is 24.4 Å². The predicted octanol–water partition coefficient (Wildman–Crippen LogP) is 5.41. The summed E-state index contributed by atoms with van der Waals surface area (Å²) in [6, 6.07) is 10.8. The SMILES string of the molecule is CC(C)OP(=O)(OC(C)C)C(OC(=O)[C@@H]1CCCN1C(=O)[C@@H](CN)NC(=O)OCc1ccccc1)c1cccc(OC(F)(F)F)c1. The van der Waals surface area contributed by atoms with Crippen molar-refractivity contribution in [1.82, 2.24) is 10.2 Å². The number of halogens is 3. The van der Waals surface area contributed by atoms with Gasteiger partial charge in [-0.3, -0.25) is 9.36 Å². The van der Waals surface area contributed by atoms with E-state index >= 15 is 0 Å². The van der Waals surface area contributed by atoms with E-state index in [2.05, 4.69) is 10.1 Å². The lowest BCUT2D eigenvalue weighted by Gasteiger charge is -2.32. The molecule has 2 aromatic rings. The number of nitrogens with one attached hydrogen (secondary N) is 1. The normalized spacial score (nSPS) is 16.7. The summed E-state index contributed by atoms with van der Waals surface area (Å²) in [4.78, 5) is 40.7. The monoisotopic (exact) mass is 673 g/mol. The minimum absolute atomic E-state index is 0.0512. The topological polar surface area (TPSA) is 156 Å². The number of carbonyl (C=O) groups excluding carboxylic acids is 3. The summed E-state index contributed by atoms with van der Waals surface area (Å²) in [6.07, 6.45) is -6.81. The summed E-state index contributed by atoms with van der Waals surface area (Å²) in [5.41, 5.74) is 6.36. The Bertz CT molecular complexity index is 1360. The van der Waals surface area contributed by atoms with Crippen LogP contribution >= 0.6 is 7.60 Å². The van der Waals surface area contributed by atoms with Gasteiger partial charge in [-0.05, 0) is 58.2 Å². The van der Waals surface area contributed by atoms with Gasteiger partial charge in [-0.2, -0.15) is 0 Å². The number of alkyl carbamates (subject to hydrolysis) is 1. The summed E-state index contributed by atoms with van der Waals surface area (Å²) in [5.74, 6) is -4.17. The molecule has 1 aliphatic heterocycles. The number of likely N-dealkylation sites (tertiary alicyclic amines) is 1. The number of ether oxygens (including phenoxy) is 3. The molecule has 1 unspecified atom stereocenters. The second kappa shape index (κ2) is 16.3. The van der Waals surface area contributed by atoms with Crippen LogP contribution < -0.4 is 15.8 Å². The number of benzene rings is 2. The summed E-state index contributed by atoms with van der Waals surface area (Å²) in [7, 11) is -4.43. The average molecular weight is 674 g/mol. The fraction of sp³-hybridized carbons (Fsp3) is 0.500. The van der Waals surface area contributed by atoms with Crippen LogP contribution in [-0.2, 0) is 39.3 Å². The van der Waals surface area contributed by atoms with Crippen molar-refractivity contribution >= 4 is 25.6 Å². The lowest BCUT2D eigenvalue weighted by atomic mass is 10.2. The number of hydrogen-bond acceptors (Lipinski definition) is 10. The van der Waals surface area contributed by atoms with E-state index in [4.69, 9.17) is 24.3 Å². The van der Waals surface area contributed by atoms with Crippen molar-refractivity contribution in [2.24, 2.45) is 5.73 Å². The molecule has 0 radical (unpaired) electrons. The van der Waals surface area contributed by atoms with Crippen molar-refractivity contribution in [2.75, 3.05) is 13.1 Å². The molecule has 16 heteroatoms. The van der Waals surface area contributed by atoms with E-state index in [1.807, 2.05) is 0 Å². The van der Waals surface area contributed by atoms with Gasteiger partial charge in [0.2, 0.25) is 11.8 Å². The predicted molar refractivity (Wildman–Crippen MR) is 159 cm³/mol. The highest BCUT2D eigenvalue weighted by Crippen LogP contribution is 2.63. The van der Waals surface area contributed by atoms with Gasteiger partial charge in [0.15, 0.2) is 0 Å². The third-order valence-electron chi connectivity index (χ3n) is 6.45. The molecule has 0 aromatic heterocycles. The van der Waals surface area contributed by atoms with E-state index in [0.29, 0.717) is 6.42 Å². The molecule has 0 saturated carbocycles. The lowest BCUT2D eigenvalue weighted by Crippen LogP contribution is -2.54. The van der Waals surface area contributed by atoms with Crippen LogP contribution in [0.3, 0.4) is 0 Å². The van der Waals surface area contributed by atoms with E-state index in [-0.39, 0.29) is 31.7 Å². The Labute approximate surface area is 265 Å². The molecular formula is C30H39F3N3O9P. The molecule has 0 bridgehead atoms. The third-order valence-corrected chi connectivity index (χ3v) is 8.86. The largest absolute Gasteiger partial charge is 0.573 e. The number of esters is 1. The molecule has 12 nitrogen and oxygen atoms in total. The standard InChI is InChI=1S/C30H39F3N3O9P/c1-19(2)44-46(40,45-20(3)4)28(22-12-8-13-23(16-22)43-30(31,32)33)42-27(38)25-14-9-15-36(25)26(37)24(17-34)35-29(39)41-18-21-10-6-5-7-11-21/h5-8,10-13,16,19-20,24-25,28H,9,14-15,17-18,34H2,1-4H3,(H,35,39)/t24-,25+,28?/m1/s1. The van der Waals surface area contributed by atoms with Crippen LogP contribution in [0, 0.1) is 0 Å². The Morgan fingerprint density at radius 3 is 2.26 bits per heavy atom. The summed E-state index contributed by atoms with van der Waals surface area (Å²) in [5, 5.41) is 2.41. The number of nitrogens with two attached hydrogens (primary N) is 1. The van der Waals surface area contributed by atoms with Crippen molar-refractivity contribution in [2.45, 2.75) is 83.6 Å². The zero-order valence-electron chi connectivity index (χ0n) is 25.9. The van der Waals surface area contributed by atoms with Gasteiger partial charge in [-0.25, -0.2) is 9.59 Å². The number of carbonyl (C=O) groups is 3. The number of hydrogen-bond donors (Lipinski definition) is 2. The number of alkyl halides is 3. The van der Waals surface area contributed by atoms with Crippen LogP contribution in [0.4, 0.5) is 18.0 Å². The van der Waals surface area contributed by atoms with Crippen LogP contribution in [0.1, 0.15) is 57.5 Å². The van der Waals surface area contributed by atoms with Gasteiger partial charge in [0, 0.05) is 18.7 Å². The molecule has 46 heavy (non-hydrogen) atoms. The van der Waals surface area contributed by atoms with Crippen molar-refractivity contribution in [3.63, 3.8) is 0 Å². The van der Waals surface area contributed by atoms with Crippen LogP contribution in [0.25, 0.3) is 0 Å². The lowest BCUT2D eigenvalue weighted by molar-refractivity contribution is -0.274. The zero-order chi connectivity index (χ0) is 34.1. The van der Waals surface area contributed by atoms with Gasteiger partial charge >= 0.3 is 26.0 Å². The average Bonchev–Trinajstić information content (AvgIpc) is 3.46. The number of rotatable bonds is 14. The first-order valence-electron chi connectivity index (χ1n) is 14.6. The third kappa shape index (κ3) is 10.7. The summed E-state index contributed by atoms with van der Waals surface area (Å²) < 4.78 is 79.3. The first kappa shape index (κ1) is 36.8. The van der Waals surface area contributed by atoms with Gasteiger partial charge < -0.3 is 39.2 Å². The Hall–Kier alpha value is -3.65. The Balaban J connectivity index is 1.84. The van der Waals surface area contributed by atoms with Crippen LogP contribution in [0.15, 0.2) is 54.6 Å². The van der Waals surface area contributed by atoms with Crippen molar-refractivity contribution in [1.29, 1.82) is 0 Å². The molecule has 1 saturated heterocycles. The quantitative estimate of drug-likeness (QED) is 0.196. The highest BCUT2D eigenvalue weighted by Gasteiger charge is 2.46. The van der Waals surface area contributed by atoms with E-state index < -0.39 is 67.8 Å². The summed E-state index contributed by atoms with van der Waals surface area (Å²) in [6.45, 7) is 5.97. The number of nitrogens with zero attached hydrogens (tertiary/aromatic N) is 1. The minimum atomic E-state index is -5.02. The molecule has 3 rings (SSSR count). The highest BCUT2D eigenvalue weighted by atomic mass is 31.2.